The lowest BCUT2D eigenvalue weighted by molar-refractivity contribution is 0.250. The zero-order valence-electron chi connectivity index (χ0n) is 13.9. The van der Waals surface area contributed by atoms with Crippen molar-refractivity contribution in [3.63, 3.8) is 0 Å². The van der Waals surface area contributed by atoms with Crippen LogP contribution >= 0.6 is 11.6 Å². The summed E-state index contributed by atoms with van der Waals surface area (Å²) in [7, 11) is -4.02. The molecule has 0 saturated carbocycles. The lowest BCUT2D eigenvalue weighted by atomic mass is 10.2. The van der Waals surface area contributed by atoms with E-state index in [0.717, 1.165) is 10.5 Å². The third-order valence-corrected chi connectivity index (χ3v) is 5.42. The highest BCUT2D eigenvalue weighted by atomic mass is 35.5. The fourth-order valence-electron chi connectivity index (χ4n) is 2.22. The summed E-state index contributed by atoms with van der Waals surface area (Å²) in [5.74, 6) is 0. The van der Waals surface area contributed by atoms with Crippen LogP contribution in [0.5, 0.6) is 0 Å². The van der Waals surface area contributed by atoms with Gasteiger partial charge in [-0.25, -0.2) is 17.9 Å². The Kier molecular flexibility index (Phi) is 5.92. The molecule has 1 atom stereocenters. The van der Waals surface area contributed by atoms with Gasteiger partial charge in [-0.1, -0.05) is 48.4 Å². The lowest BCUT2D eigenvalue weighted by Gasteiger charge is -2.28. The first kappa shape index (κ1) is 19.1. The molecule has 0 saturated heterocycles. The molecule has 3 N–H and O–H groups in total. The van der Waals surface area contributed by atoms with E-state index < -0.39 is 21.6 Å². The largest absolute Gasteiger partial charge is 0.397 e. The molecule has 0 aromatic heterocycles. The molecule has 0 radical (unpaired) electrons. The summed E-state index contributed by atoms with van der Waals surface area (Å²) >= 11 is 6.24. The number of carbonyl (C=O) groups is 1. The van der Waals surface area contributed by atoms with Gasteiger partial charge in [0.2, 0.25) is 0 Å². The number of sulfonamides is 1. The first-order valence-corrected chi connectivity index (χ1v) is 9.59. The van der Waals surface area contributed by atoms with E-state index in [4.69, 9.17) is 17.3 Å². The van der Waals surface area contributed by atoms with Crippen LogP contribution in [0.25, 0.3) is 0 Å². The van der Waals surface area contributed by atoms with Crippen molar-refractivity contribution in [3.05, 3.63) is 54.1 Å². The summed E-state index contributed by atoms with van der Waals surface area (Å²) in [6.07, 6.45) is 0.411. The predicted molar refractivity (Wildman–Crippen MR) is 100 cm³/mol. The number of nitrogen functional groups attached to an aromatic ring is 1. The number of hydrogen-bond donors (Lipinski definition) is 2. The van der Waals surface area contributed by atoms with Gasteiger partial charge >= 0.3 is 6.03 Å². The summed E-state index contributed by atoms with van der Waals surface area (Å²) in [6, 6.07) is 12.0. The van der Waals surface area contributed by atoms with Gasteiger partial charge in [0.15, 0.2) is 0 Å². The van der Waals surface area contributed by atoms with Crippen molar-refractivity contribution in [3.8, 4) is 0 Å². The minimum atomic E-state index is -4.02. The topological polar surface area (TPSA) is 92.5 Å². The van der Waals surface area contributed by atoms with E-state index in [1.807, 2.05) is 6.92 Å². The molecular weight excluding hydrogens is 362 g/mol. The Bertz CT molecular complexity index is 854. The van der Waals surface area contributed by atoms with Crippen molar-refractivity contribution in [1.82, 2.24) is 4.72 Å². The summed E-state index contributed by atoms with van der Waals surface area (Å²) in [4.78, 5) is 13.8. The highest BCUT2D eigenvalue weighted by Crippen LogP contribution is 2.27. The van der Waals surface area contributed by atoms with Gasteiger partial charge in [-0.3, -0.25) is 4.90 Å². The van der Waals surface area contributed by atoms with E-state index in [1.54, 1.807) is 43.3 Å². The molecule has 0 fully saturated rings. The van der Waals surface area contributed by atoms with Gasteiger partial charge in [-0.05, 0) is 37.6 Å². The van der Waals surface area contributed by atoms with Gasteiger partial charge in [0, 0.05) is 0 Å². The Morgan fingerprint density at radius 1 is 1.20 bits per heavy atom. The maximum Gasteiger partial charge on any atom is 0.337 e. The molecule has 0 aliphatic heterocycles. The van der Waals surface area contributed by atoms with Gasteiger partial charge < -0.3 is 5.73 Å². The maximum atomic E-state index is 12.6. The van der Waals surface area contributed by atoms with Crippen LogP contribution in [0.4, 0.5) is 16.2 Å². The van der Waals surface area contributed by atoms with E-state index >= 15 is 0 Å². The summed E-state index contributed by atoms with van der Waals surface area (Å²) in [5, 5.41) is 0. The van der Waals surface area contributed by atoms with E-state index in [1.165, 1.54) is 12.1 Å². The molecule has 25 heavy (non-hydrogen) atoms. The third kappa shape index (κ3) is 4.43. The number of urea groups is 1. The number of nitrogens with zero attached hydrogens (tertiary/aromatic N) is 1. The molecular formula is C17H20ClN3O3S. The van der Waals surface area contributed by atoms with Gasteiger partial charge in [-0.15, -0.1) is 0 Å². The van der Waals surface area contributed by atoms with Gasteiger partial charge in [0.25, 0.3) is 10.0 Å². The Hall–Kier alpha value is -2.25. The predicted octanol–water partition coefficient (Wildman–Crippen LogP) is 3.46. The Morgan fingerprint density at radius 3 is 2.36 bits per heavy atom. The number of nitrogens with one attached hydrogen (secondary N) is 1. The summed E-state index contributed by atoms with van der Waals surface area (Å²) in [5.41, 5.74) is 6.75. The van der Waals surface area contributed by atoms with E-state index in [9.17, 15) is 13.2 Å². The van der Waals surface area contributed by atoms with Crippen molar-refractivity contribution < 1.29 is 13.2 Å². The van der Waals surface area contributed by atoms with Crippen LogP contribution in [0.3, 0.4) is 0 Å². The van der Waals surface area contributed by atoms with Crippen LogP contribution in [0, 0.1) is 6.92 Å². The molecule has 0 spiro atoms. The minimum Gasteiger partial charge on any atom is -0.397 e. The average molecular weight is 382 g/mol. The van der Waals surface area contributed by atoms with Crippen LogP contribution in [0.2, 0.25) is 0 Å². The number of amides is 2. The molecule has 2 aromatic rings. The van der Waals surface area contributed by atoms with Gasteiger partial charge in [-0.2, -0.15) is 0 Å². The highest BCUT2D eigenvalue weighted by Gasteiger charge is 2.28. The van der Waals surface area contributed by atoms with Crippen LogP contribution < -0.4 is 15.4 Å². The number of benzene rings is 2. The zero-order chi connectivity index (χ0) is 18.6. The molecule has 1 unspecified atom stereocenters. The fourth-order valence-corrected chi connectivity index (χ4v) is 3.35. The monoisotopic (exact) mass is 381 g/mol. The molecule has 2 rings (SSSR count). The van der Waals surface area contributed by atoms with Crippen LogP contribution in [-0.2, 0) is 10.0 Å². The quantitative estimate of drug-likeness (QED) is 0.471. The summed E-state index contributed by atoms with van der Waals surface area (Å²) in [6.45, 7) is 3.62. The maximum absolute atomic E-state index is 12.6. The van der Waals surface area contributed by atoms with Crippen molar-refractivity contribution in [2.75, 3.05) is 10.6 Å². The van der Waals surface area contributed by atoms with Gasteiger partial charge in [0.1, 0.15) is 5.50 Å². The standard InChI is InChI=1S/C17H20ClN3O3S/c1-3-16(18)21(15-7-5-4-6-14(15)19)17(22)20-25(23,24)13-10-8-12(2)9-11-13/h4-11,16H,3,19H2,1-2H3,(H,20,22). The molecule has 8 heteroatoms. The summed E-state index contributed by atoms with van der Waals surface area (Å²) < 4.78 is 27.0. The van der Waals surface area contributed by atoms with Crippen LogP contribution in [0.15, 0.2) is 53.4 Å². The van der Waals surface area contributed by atoms with E-state index in [2.05, 4.69) is 4.72 Å². The normalized spacial score (nSPS) is 12.4. The second kappa shape index (κ2) is 7.76. The molecule has 0 aliphatic carbocycles. The number of rotatable bonds is 5. The number of alkyl halides is 1. The number of anilines is 2. The SMILES string of the molecule is CCC(Cl)N(C(=O)NS(=O)(=O)c1ccc(C)cc1)c1ccccc1N. The van der Waals surface area contributed by atoms with Crippen molar-refractivity contribution >= 4 is 39.0 Å². The smallest absolute Gasteiger partial charge is 0.337 e. The van der Waals surface area contributed by atoms with Crippen LogP contribution in [0.1, 0.15) is 18.9 Å². The fraction of sp³-hybridized carbons (Fsp3) is 0.235. The Labute approximate surface area is 152 Å². The molecule has 134 valence electrons. The highest BCUT2D eigenvalue weighted by molar-refractivity contribution is 7.90. The first-order chi connectivity index (χ1) is 11.8. The first-order valence-electron chi connectivity index (χ1n) is 7.67. The molecule has 0 heterocycles. The second-order valence-electron chi connectivity index (χ2n) is 5.50. The van der Waals surface area contributed by atoms with Crippen molar-refractivity contribution in [1.29, 1.82) is 0 Å². The Morgan fingerprint density at radius 2 is 1.80 bits per heavy atom. The number of nitrogens with two attached hydrogens (primary N) is 1. The van der Waals surface area contributed by atoms with Gasteiger partial charge in [0.05, 0.1) is 16.3 Å². The van der Waals surface area contributed by atoms with E-state index in [-0.39, 0.29) is 4.90 Å². The number of para-hydroxylation sites is 2. The van der Waals surface area contributed by atoms with Crippen molar-refractivity contribution in [2.24, 2.45) is 0 Å². The average Bonchev–Trinajstić information content (AvgIpc) is 2.56. The second-order valence-corrected chi connectivity index (χ2v) is 7.68. The Balaban J connectivity index is 2.34. The number of aryl methyl sites for hydroxylation is 1. The molecule has 2 aromatic carbocycles. The van der Waals surface area contributed by atoms with E-state index in [0.29, 0.717) is 17.8 Å². The zero-order valence-corrected chi connectivity index (χ0v) is 15.5. The van der Waals surface area contributed by atoms with Crippen molar-refractivity contribution in [2.45, 2.75) is 30.7 Å². The number of halogens is 1. The number of hydrogen-bond acceptors (Lipinski definition) is 4. The number of carbonyl (C=O) groups excluding carboxylic acids is 1. The molecule has 0 bridgehead atoms. The molecule has 0 aliphatic rings. The minimum absolute atomic E-state index is 0.00458. The van der Waals surface area contributed by atoms with Crippen LogP contribution in [-0.4, -0.2) is 19.9 Å². The molecule has 2 amide bonds. The lowest BCUT2D eigenvalue weighted by Crippen LogP contribution is -2.46. The third-order valence-electron chi connectivity index (χ3n) is 3.59. The molecule has 6 nitrogen and oxygen atoms in total.